The van der Waals surface area contributed by atoms with Crippen molar-refractivity contribution in [2.45, 2.75) is 0 Å². The Hall–Kier alpha value is 2.42. The van der Waals surface area contributed by atoms with Crippen LogP contribution >= 0.6 is 0 Å². The Bertz CT molecular complexity index is 94.9. The molecule has 0 heterocycles. The van der Waals surface area contributed by atoms with E-state index in [9.17, 15) is 0 Å². The maximum Gasteiger partial charge on any atom is 2.00 e. The summed E-state index contributed by atoms with van der Waals surface area (Å²) in [6, 6.07) is 0. The van der Waals surface area contributed by atoms with Crippen molar-refractivity contribution in [1.29, 1.82) is 0 Å². The van der Waals surface area contributed by atoms with Crippen molar-refractivity contribution in [2.75, 3.05) is 0 Å². The van der Waals surface area contributed by atoms with Crippen LogP contribution in [0, 0.1) is 0 Å². The van der Waals surface area contributed by atoms with Gasteiger partial charge in [0.05, 0.1) is 0 Å². The fraction of sp³-hybridized carbons (Fsp3) is 0. The van der Waals surface area contributed by atoms with Gasteiger partial charge in [-0.25, -0.2) is 0 Å². The first kappa shape index (κ1) is 16.2. The van der Waals surface area contributed by atoms with Gasteiger partial charge in [0.1, 0.15) is 0 Å². The molecule has 0 aliphatic rings. The van der Waals surface area contributed by atoms with Crippen LogP contribution in [-0.4, -0.2) is 17.5 Å². The average Bonchev–Trinajstić information content (AvgIpc) is 0.722. The van der Waals surface area contributed by atoms with Crippen LogP contribution in [0.5, 0.6) is 0 Å². The van der Waals surface area contributed by atoms with Gasteiger partial charge >= 0.3 is 85.4 Å². The van der Waals surface area contributed by atoms with E-state index in [1.54, 1.807) is 0 Å². The summed E-state index contributed by atoms with van der Waals surface area (Å²) in [6.07, 6.45) is 0. The molecule has 0 radical (unpaired) electrons. The maximum absolute atomic E-state index is 8.52. The standard InChI is InChI=1S/Cs.Ni.H2O4S/c;;1-5(2,3)4/h;;(H2,1,2,3,4)/q+1;+2;/p-2. The van der Waals surface area contributed by atoms with Gasteiger partial charge in [0, 0.05) is 10.4 Å². The maximum atomic E-state index is 8.52. The molecule has 0 aromatic rings. The zero-order valence-corrected chi connectivity index (χ0v) is 11.4. The van der Waals surface area contributed by atoms with Gasteiger partial charge < -0.3 is 9.11 Å². The molecule has 0 aromatic heterocycles. The van der Waals surface area contributed by atoms with E-state index in [1.807, 2.05) is 0 Å². The largest absolute Gasteiger partial charge is 2.00 e. The summed E-state index contributed by atoms with van der Waals surface area (Å²) in [5, 5.41) is 0. The van der Waals surface area contributed by atoms with E-state index in [1.165, 1.54) is 0 Å². The molecule has 0 aromatic carbocycles. The molecule has 0 fully saturated rings. The van der Waals surface area contributed by atoms with Gasteiger partial charge in [-0.1, -0.05) is 0 Å². The summed E-state index contributed by atoms with van der Waals surface area (Å²) >= 11 is 0. The summed E-state index contributed by atoms with van der Waals surface area (Å²) in [5.74, 6) is 0. The Labute approximate surface area is 110 Å². The quantitative estimate of drug-likeness (QED) is 0.256. The Morgan fingerprint density at radius 1 is 1.14 bits per heavy atom. The minimum Gasteiger partial charge on any atom is -0.759 e. The van der Waals surface area contributed by atoms with Crippen molar-refractivity contribution in [1.82, 2.24) is 0 Å². The second-order valence-corrected chi connectivity index (χ2v) is 1.22. The molecule has 7 heteroatoms. The Balaban J connectivity index is -0.0000000800. The Kier molecular flexibility index (Phi) is 15.1. The summed E-state index contributed by atoms with van der Waals surface area (Å²) in [7, 11) is -5.17. The predicted octanol–water partition coefficient (Wildman–Crippen LogP) is -4.34. The predicted molar refractivity (Wildman–Crippen MR) is 10.5 cm³/mol. The summed E-state index contributed by atoms with van der Waals surface area (Å²) in [4.78, 5) is 0. The van der Waals surface area contributed by atoms with Crippen LogP contribution in [0.3, 0.4) is 0 Å². The molecule has 40 valence electrons. The second-order valence-electron chi connectivity index (χ2n) is 0.408. The van der Waals surface area contributed by atoms with E-state index in [2.05, 4.69) is 0 Å². The molecule has 4 nitrogen and oxygen atoms in total. The van der Waals surface area contributed by atoms with Crippen LogP contribution in [0.15, 0.2) is 0 Å². The van der Waals surface area contributed by atoms with Gasteiger partial charge in [0.15, 0.2) is 0 Å². The zero-order valence-electron chi connectivity index (χ0n) is 3.36. The van der Waals surface area contributed by atoms with Crippen molar-refractivity contribution in [3.63, 3.8) is 0 Å². The topological polar surface area (TPSA) is 80.3 Å². The molecule has 0 atom stereocenters. The molecule has 0 aliphatic carbocycles. The Morgan fingerprint density at radius 3 is 1.14 bits per heavy atom. The van der Waals surface area contributed by atoms with Crippen LogP contribution in [0.2, 0.25) is 0 Å². The summed E-state index contributed by atoms with van der Waals surface area (Å²) in [6.45, 7) is 0. The Morgan fingerprint density at radius 2 is 1.14 bits per heavy atom. The summed E-state index contributed by atoms with van der Waals surface area (Å²) in [5.41, 5.74) is 0. The molecule has 0 saturated heterocycles. The summed E-state index contributed by atoms with van der Waals surface area (Å²) < 4.78 is 34.1. The van der Waals surface area contributed by atoms with Crippen molar-refractivity contribution >= 4 is 10.4 Å². The van der Waals surface area contributed by atoms with Crippen molar-refractivity contribution < 1.29 is 103 Å². The normalized spacial score (nSPS) is 8.29. The smallest absolute Gasteiger partial charge is 0.759 e. The molecule has 0 bridgehead atoms. The minimum absolute atomic E-state index is 0. The number of hydrogen-bond donors (Lipinski definition) is 0. The molecule has 7 heavy (non-hydrogen) atoms. The van der Waals surface area contributed by atoms with E-state index >= 15 is 0 Å². The van der Waals surface area contributed by atoms with Crippen molar-refractivity contribution in [2.24, 2.45) is 0 Å². The molecule has 0 aliphatic heterocycles. The van der Waals surface area contributed by atoms with Gasteiger partial charge in [0.25, 0.3) is 0 Å². The van der Waals surface area contributed by atoms with E-state index in [0.717, 1.165) is 0 Å². The van der Waals surface area contributed by atoms with Crippen LogP contribution in [0.1, 0.15) is 0 Å². The fourth-order valence-electron chi connectivity index (χ4n) is 0. The number of hydrogen-bond acceptors (Lipinski definition) is 4. The second kappa shape index (κ2) is 6.53. The third-order valence-electron chi connectivity index (χ3n) is 0. The monoisotopic (exact) mass is 287 g/mol. The average molecular weight is 288 g/mol. The molecule has 0 spiro atoms. The van der Waals surface area contributed by atoms with Crippen LogP contribution in [0.25, 0.3) is 0 Å². The van der Waals surface area contributed by atoms with Crippen molar-refractivity contribution in [3.05, 3.63) is 0 Å². The molecule has 0 N–H and O–H groups in total. The molecule has 0 amide bonds. The molecule has 0 saturated carbocycles. The van der Waals surface area contributed by atoms with Crippen LogP contribution in [-0.2, 0) is 26.9 Å². The van der Waals surface area contributed by atoms with E-state index < -0.39 is 10.4 Å². The molecule has 0 rings (SSSR count). The van der Waals surface area contributed by atoms with Gasteiger partial charge in [-0.05, 0) is 0 Å². The van der Waals surface area contributed by atoms with Gasteiger partial charge in [-0.15, -0.1) is 0 Å². The first-order valence-electron chi connectivity index (χ1n) is 0.667. The molecular weight excluding hydrogens is 288 g/mol. The first-order valence-corrected chi connectivity index (χ1v) is 2.00. The minimum atomic E-state index is -5.17. The van der Waals surface area contributed by atoms with Gasteiger partial charge in [-0.3, -0.25) is 8.42 Å². The van der Waals surface area contributed by atoms with E-state index in [0.29, 0.717) is 0 Å². The SMILES string of the molecule is O=S(=O)([O-])[O-].[Cs+].[Ni+2]. The molecule has 0 unspecified atom stereocenters. The van der Waals surface area contributed by atoms with Gasteiger partial charge in [0.2, 0.25) is 0 Å². The number of rotatable bonds is 0. The van der Waals surface area contributed by atoms with E-state index in [-0.39, 0.29) is 85.4 Å². The zero-order chi connectivity index (χ0) is 4.50. The third-order valence-corrected chi connectivity index (χ3v) is 0. The van der Waals surface area contributed by atoms with Gasteiger partial charge in [-0.2, -0.15) is 0 Å². The van der Waals surface area contributed by atoms with Crippen LogP contribution < -0.4 is 68.9 Å². The van der Waals surface area contributed by atoms with Crippen molar-refractivity contribution in [3.8, 4) is 0 Å². The van der Waals surface area contributed by atoms with E-state index in [4.69, 9.17) is 17.5 Å². The molecular formula is CsNiO4S+. The van der Waals surface area contributed by atoms with Crippen LogP contribution in [0.4, 0.5) is 0 Å². The first-order chi connectivity index (χ1) is 2.00. The fourth-order valence-corrected chi connectivity index (χ4v) is 0. The third kappa shape index (κ3) is 59.4.